The van der Waals surface area contributed by atoms with Gasteiger partial charge in [-0.1, -0.05) is 42.5 Å². The third kappa shape index (κ3) is 3.98. The van der Waals surface area contributed by atoms with Crippen molar-refractivity contribution >= 4 is 23.8 Å². The molecule has 2 aromatic carbocycles. The van der Waals surface area contributed by atoms with Gasteiger partial charge in [-0.15, -0.1) is 0 Å². The normalized spacial score (nSPS) is 10.7. The molecule has 7 heteroatoms. The Bertz CT molecular complexity index is 1230. The number of rotatable bonds is 5. The summed E-state index contributed by atoms with van der Waals surface area (Å²) in [6.45, 7) is 1.78. The number of aromatic nitrogens is 2. The van der Waals surface area contributed by atoms with Crippen LogP contribution in [0.3, 0.4) is 0 Å². The van der Waals surface area contributed by atoms with Gasteiger partial charge in [-0.2, -0.15) is 15.0 Å². The molecule has 0 spiro atoms. The van der Waals surface area contributed by atoms with Crippen LogP contribution >= 0.6 is 0 Å². The Kier molecular flexibility index (Phi) is 5.79. The number of benzene rings is 2. The number of hydrogen-bond acceptors (Lipinski definition) is 5. The van der Waals surface area contributed by atoms with Crippen LogP contribution in [0.4, 0.5) is 5.69 Å². The van der Waals surface area contributed by atoms with Gasteiger partial charge in [0.15, 0.2) is 5.69 Å². The van der Waals surface area contributed by atoms with E-state index in [9.17, 15) is 20.0 Å². The van der Waals surface area contributed by atoms with Crippen molar-refractivity contribution in [3.05, 3.63) is 86.8 Å². The smallest absolute Gasteiger partial charge is 0.357 e. The van der Waals surface area contributed by atoms with Crippen LogP contribution in [0.15, 0.2) is 53.3 Å². The largest absolute Gasteiger partial charge is 0.476 e. The number of carboxylic acids is 1. The second-order valence-electron chi connectivity index (χ2n) is 6.88. The number of anilines is 1. The molecule has 0 unspecified atom stereocenters. The van der Waals surface area contributed by atoms with Gasteiger partial charge in [0.2, 0.25) is 0 Å². The highest BCUT2D eigenvalue weighted by Crippen LogP contribution is 2.18. The van der Waals surface area contributed by atoms with Gasteiger partial charge in [-0.05, 0) is 36.2 Å². The molecule has 0 atom stereocenters. The molecule has 150 valence electrons. The van der Waals surface area contributed by atoms with Crippen molar-refractivity contribution in [2.24, 2.45) is 0 Å². The third-order valence-corrected chi connectivity index (χ3v) is 4.64. The van der Waals surface area contributed by atoms with Crippen molar-refractivity contribution in [1.29, 1.82) is 5.26 Å². The SMILES string of the molecule is Cc1ccccc1-n1nc(C(=O)O)c(/C=C\c2ccc(N(C)C)cc2)c(C#N)c1=O. The summed E-state index contributed by atoms with van der Waals surface area (Å²) in [5.74, 6) is -1.32. The molecular weight excluding hydrogens is 380 g/mol. The summed E-state index contributed by atoms with van der Waals surface area (Å²) in [5.41, 5.74) is 1.65. The first kappa shape index (κ1) is 20.6. The van der Waals surface area contributed by atoms with Crippen LogP contribution < -0.4 is 10.5 Å². The zero-order valence-corrected chi connectivity index (χ0v) is 16.8. The average Bonchev–Trinajstić information content (AvgIpc) is 2.73. The molecule has 1 N–H and O–H groups in total. The van der Waals surface area contributed by atoms with E-state index in [1.165, 1.54) is 6.08 Å². The van der Waals surface area contributed by atoms with Crippen molar-refractivity contribution in [3.63, 3.8) is 0 Å². The summed E-state index contributed by atoms with van der Waals surface area (Å²) in [6.07, 6.45) is 3.10. The number of nitriles is 1. The van der Waals surface area contributed by atoms with Crippen molar-refractivity contribution in [3.8, 4) is 11.8 Å². The van der Waals surface area contributed by atoms with E-state index in [0.717, 1.165) is 21.5 Å². The van der Waals surface area contributed by atoms with Crippen LogP contribution in [-0.4, -0.2) is 35.0 Å². The molecule has 0 amide bonds. The highest BCUT2D eigenvalue weighted by atomic mass is 16.4. The number of nitrogens with zero attached hydrogens (tertiary/aromatic N) is 4. The summed E-state index contributed by atoms with van der Waals surface area (Å²) in [6, 6.07) is 16.3. The Labute approximate surface area is 173 Å². The lowest BCUT2D eigenvalue weighted by molar-refractivity contribution is 0.0688. The monoisotopic (exact) mass is 400 g/mol. The maximum Gasteiger partial charge on any atom is 0.357 e. The van der Waals surface area contributed by atoms with Crippen LogP contribution in [0.25, 0.3) is 17.8 Å². The van der Waals surface area contributed by atoms with Gasteiger partial charge in [0.05, 0.1) is 5.69 Å². The summed E-state index contributed by atoms with van der Waals surface area (Å²) < 4.78 is 0.973. The highest BCUT2D eigenvalue weighted by molar-refractivity contribution is 5.92. The van der Waals surface area contributed by atoms with Gasteiger partial charge in [-0.3, -0.25) is 4.79 Å². The third-order valence-electron chi connectivity index (χ3n) is 4.64. The molecule has 0 saturated heterocycles. The quantitative estimate of drug-likeness (QED) is 0.705. The van der Waals surface area contributed by atoms with E-state index < -0.39 is 11.5 Å². The van der Waals surface area contributed by atoms with Crippen molar-refractivity contribution in [1.82, 2.24) is 9.78 Å². The average molecular weight is 400 g/mol. The van der Waals surface area contributed by atoms with E-state index in [-0.39, 0.29) is 16.8 Å². The van der Waals surface area contributed by atoms with Gasteiger partial charge >= 0.3 is 5.97 Å². The van der Waals surface area contributed by atoms with Crippen LogP contribution in [0.2, 0.25) is 0 Å². The molecule has 3 rings (SSSR count). The number of hydrogen-bond donors (Lipinski definition) is 1. The maximum absolute atomic E-state index is 12.9. The van der Waals surface area contributed by atoms with E-state index in [2.05, 4.69) is 5.10 Å². The number of para-hydroxylation sites is 1. The molecule has 0 fully saturated rings. The summed E-state index contributed by atoms with van der Waals surface area (Å²) in [4.78, 5) is 26.8. The lowest BCUT2D eigenvalue weighted by atomic mass is 10.1. The lowest BCUT2D eigenvalue weighted by Gasteiger charge is -2.12. The molecule has 3 aromatic rings. The van der Waals surface area contributed by atoms with Gasteiger partial charge in [0.25, 0.3) is 5.56 Å². The summed E-state index contributed by atoms with van der Waals surface area (Å²) >= 11 is 0. The second-order valence-corrected chi connectivity index (χ2v) is 6.88. The Morgan fingerprint density at radius 1 is 1.13 bits per heavy atom. The number of aromatic carboxylic acids is 1. The minimum Gasteiger partial charge on any atom is -0.476 e. The van der Waals surface area contributed by atoms with Crippen LogP contribution in [0.5, 0.6) is 0 Å². The molecule has 1 heterocycles. The van der Waals surface area contributed by atoms with E-state index >= 15 is 0 Å². The molecule has 0 radical (unpaired) electrons. The zero-order chi connectivity index (χ0) is 21.8. The topological polar surface area (TPSA) is 99.2 Å². The first-order valence-corrected chi connectivity index (χ1v) is 9.15. The zero-order valence-electron chi connectivity index (χ0n) is 16.8. The molecule has 0 aliphatic carbocycles. The highest BCUT2D eigenvalue weighted by Gasteiger charge is 2.21. The second kappa shape index (κ2) is 8.45. The maximum atomic E-state index is 12.9. The van der Waals surface area contributed by atoms with Crippen molar-refractivity contribution in [2.45, 2.75) is 6.92 Å². The Balaban J connectivity index is 2.16. The molecule has 0 aliphatic rings. The van der Waals surface area contributed by atoms with Gasteiger partial charge in [0, 0.05) is 25.3 Å². The number of aryl methyl sites for hydroxylation is 1. The molecule has 7 nitrogen and oxygen atoms in total. The first-order valence-electron chi connectivity index (χ1n) is 9.15. The molecule has 30 heavy (non-hydrogen) atoms. The van der Waals surface area contributed by atoms with Gasteiger partial charge in [0.1, 0.15) is 11.6 Å². The van der Waals surface area contributed by atoms with E-state index in [0.29, 0.717) is 5.69 Å². The molecule has 0 saturated carbocycles. The van der Waals surface area contributed by atoms with Crippen LogP contribution in [0, 0.1) is 18.3 Å². The molecule has 0 bridgehead atoms. The Hall–Kier alpha value is -4.18. The van der Waals surface area contributed by atoms with Crippen molar-refractivity contribution in [2.75, 3.05) is 19.0 Å². The summed E-state index contributed by atoms with van der Waals surface area (Å²) in [7, 11) is 3.86. The fourth-order valence-corrected chi connectivity index (χ4v) is 2.99. The van der Waals surface area contributed by atoms with Crippen LogP contribution in [0.1, 0.15) is 32.7 Å². The van der Waals surface area contributed by atoms with Crippen LogP contribution in [-0.2, 0) is 0 Å². The summed E-state index contributed by atoms with van der Waals surface area (Å²) in [5, 5.41) is 23.4. The Morgan fingerprint density at radius 3 is 2.37 bits per heavy atom. The lowest BCUT2D eigenvalue weighted by Crippen LogP contribution is -2.28. The Morgan fingerprint density at radius 2 is 1.80 bits per heavy atom. The minimum absolute atomic E-state index is 0.0171. The van der Waals surface area contributed by atoms with Crippen molar-refractivity contribution < 1.29 is 9.90 Å². The van der Waals surface area contributed by atoms with Gasteiger partial charge < -0.3 is 10.0 Å². The molecular formula is C23H20N4O3. The molecule has 0 aliphatic heterocycles. The predicted octanol–water partition coefficient (Wildman–Crippen LogP) is 3.35. The fraction of sp³-hybridized carbons (Fsp3) is 0.130. The number of carbonyl (C=O) groups is 1. The standard InChI is InChI=1S/C23H20N4O3/c1-15-6-4-5-7-20(15)27-22(28)19(14-24)18(21(25-27)23(29)30)13-10-16-8-11-17(12-9-16)26(2)3/h4-13H,1-3H3,(H,29,30)/b13-10-. The molecule has 1 aromatic heterocycles. The first-order chi connectivity index (χ1) is 14.3. The predicted molar refractivity (Wildman–Crippen MR) is 116 cm³/mol. The minimum atomic E-state index is -1.32. The van der Waals surface area contributed by atoms with Gasteiger partial charge in [-0.25, -0.2) is 4.79 Å². The number of carboxylic acid groups (broad SMARTS) is 1. The van der Waals surface area contributed by atoms with E-state index in [4.69, 9.17) is 0 Å². The fourth-order valence-electron chi connectivity index (χ4n) is 2.99. The van der Waals surface area contributed by atoms with E-state index in [1.807, 2.05) is 49.3 Å². The van der Waals surface area contributed by atoms with E-state index in [1.54, 1.807) is 37.3 Å².